The van der Waals surface area contributed by atoms with Gasteiger partial charge in [-0.2, -0.15) is 0 Å². The predicted molar refractivity (Wildman–Crippen MR) is 86.4 cm³/mol. The summed E-state index contributed by atoms with van der Waals surface area (Å²) in [5.41, 5.74) is 0.486. The minimum atomic E-state index is -1.01. The van der Waals surface area contributed by atoms with Crippen LogP contribution >= 0.6 is 0 Å². The Morgan fingerprint density at radius 1 is 1.25 bits per heavy atom. The Balaban J connectivity index is 1.68. The van der Waals surface area contributed by atoms with Crippen LogP contribution in [0.5, 0.6) is 0 Å². The summed E-state index contributed by atoms with van der Waals surface area (Å²) in [7, 11) is 0. The Morgan fingerprint density at radius 3 is 2.71 bits per heavy atom. The SMILES string of the molecule is O=C1C(O)CCCCN1CC(=O)N(Cc1ccccc1F)C1CC1. The molecule has 1 atom stereocenters. The second kappa shape index (κ2) is 7.30. The zero-order chi connectivity index (χ0) is 17.1. The highest BCUT2D eigenvalue weighted by Gasteiger charge is 2.35. The van der Waals surface area contributed by atoms with Gasteiger partial charge in [-0.05, 0) is 38.2 Å². The molecule has 1 heterocycles. The van der Waals surface area contributed by atoms with E-state index in [-0.39, 0.29) is 36.8 Å². The molecule has 0 radical (unpaired) electrons. The van der Waals surface area contributed by atoms with Gasteiger partial charge in [0.05, 0.1) is 6.54 Å². The molecule has 1 saturated carbocycles. The lowest BCUT2D eigenvalue weighted by atomic mass is 10.2. The third kappa shape index (κ3) is 3.93. The van der Waals surface area contributed by atoms with Crippen LogP contribution in [0.25, 0.3) is 0 Å². The molecule has 0 aromatic heterocycles. The average Bonchev–Trinajstić information content (AvgIpc) is 3.40. The Morgan fingerprint density at radius 2 is 2.00 bits per heavy atom. The topological polar surface area (TPSA) is 60.9 Å². The molecule has 1 aromatic carbocycles. The lowest BCUT2D eigenvalue weighted by Crippen LogP contribution is -2.46. The third-order valence-corrected chi connectivity index (χ3v) is 4.68. The van der Waals surface area contributed by atoms with Gasteiger partial charge < -0.3 is 14.9 Å². The van der Waals surface area contributed by atoms with Crippen LogP contribution in [0.15, 0.2) is 24.3 Å². The minimum Gasteiger partial charge on any atom is -0.383 e. The molecule has 6 heteroatoms. The van der Waals surface area contributed by atoms with Gasteiger partial charge in [0.1, 0.15) is 11.9 Å². The Bertz CT molecular complexity index is 618. The molecule has 2 fully saturated rings. The van der Waals surface area contributed by atoms with E-state index in [0.717, 1.165) is 25.7 Å². The number of likely N-dealkylation sites (tertiary alicyclic amines) is 1. The summed E-state index contributed by atoms with van der Waals surface area (Å²) in [6.45, 7) is 0.668. The van der Waals surface area contributed by atoms with Crippen LogP contribution in [0.3, 0.4) is 0 Å². The van der Waals surface area contributed by atoms with Crippen LogP contribution in [-0.2, 0) is 16.1 Å². The van der Waals surface area contributed by atoms with E-state index in [1.807, 2.05) is 0 Å². The van der Waals surface area contributed by atoms with Gasteiger partial charge in [0, 0.05) is 24.7 Å². The Kier molecular flexibility index (Phi) is 5.14. The van der Waals surface area contributed by atoms with Crippen LogP contribution in [0.1, 0.15) is 37.7 Å². The van der Waals surface area contributed by atoms with Crippen molar-refractivity contribution in [2.45, 2.75) is 50.8 Å². The number of aliphatic hydroxyl groups is 1. The molecule has 1 saturated heterocycles. The number of carbonyl (C=O) groups excluding carboxylic acids is 2. The highest BCUT2D eigenvalue weighted by molar-refractivity contribution is 5.87. The minimum absolute atomic E-state index is 0.0408. The van der Waals surface area contributed by atoms with E-state index in [0.29, 0.717) is 18.5 Å². The maximum absolute atomic E-state index is 13.9. The molecular weight excluding hydrogens is 311 g/mol. The molecule has 1 aromatic rings. The maximum Gasteiger partial charge on any atom is 0.251 e. The van der Waals surface area contributed by atoms with Gasteiger partial charge in [0.25, 0.3) is 5.91 Å². The van der Waals surface area contributed by atoms with Gasteiger partial charge in [0.2, 0.25) is 5.91 Å². The average molecular weight is 334 g/mol. The van der Waals surface area contributed by atoms with E-state index >= 15 is 0 Å². The van der Waals surface area contributed by atoms with Gasteiger partial charge in [-0.25, -0.2) is 4.39 Å². The molecule has 2 amide bonds. The number of nitrogens with zero attached hydrogens (tertiary/aromatic N) is 2. The highest BCUT2D eigenvalue weighted by atomic mass is 19.1. The molecule has 3 rings (SSSR count). The molecule has 0 bridgehead atoms. The smallest absolute Gasteiger partial charge is 0.251 e. The van der Waals surface area contributed by atoms with Crippen molar-refractivity contribution in [1.29, 1.82) is 0 Å². The van der Waals surface area contributed by atoms with Gasteiger partial charge in [0.15, 0.2) is 0 Å². The lowest BCUT2D eigenvalue weighted by Gasteiger charge is -2.28. The zero-order valence-corrected chi connectivity index (χ0v) is 13.7. The molecular formula is C18H23FN2O3. The zero-order valence-electron chi connectivity index (χ0n) is 13.7. The normalized spacial score (nSPS) is 21.5. The molecule has 24 heavy (non-hydrogen) atoms. The van der Waals surface area contributed by atoms with Crippen LogP contribution in [-0.4, -0.2) is 52.0 Å². The second-order valence-electron chi connectivity index (χ2n) is 6.62. The number of aliphatic hydroxyl groups excluding tert-OH is 1. The van der Waals surface area contributed by atoms with Crippen molar-refractivity contribution in [2.75, 3.05) is 13.1 Å². The fourth-order valence-electron chi connectivity index (χ4n) is 3.11. The fraction of sp³-hybridized carbons (Fsp3) is 0.556. The van der Waals surface area contributed by atoms with Gasteiger partial charge in [-0.1, -0.05) is 18.2 Å². The van der Waals surface area contributed by atoms with Crippen molar-refractivity contribution in [3.63, 3.8) is 0 Å². The summed E-state index contributed by atoms with van der Waals surface area (Å²) < 4.78 is 13.9. The van der Waals surface area contributed by atoms with Crippen molar-refractivity contribution in [3.05, 3.63) is 35.6 Å². The number of hydrogen-bond acceptors (Lipinski definition) is 3. The first kappa shape index (κ1) is 16.9. The molecule has 1 N–H and O–H groups in total. The van der Waals surface area contributed by atoms with Crippen LogP contribution in [0.2, 0.25) is 0 Å². The van der Waals surface area contributed by atoms with E-state index in [1.165, 1.54) is 11.0 Å². The van der Waals surface area contributed by atoms with Gasteiger partial charge in [-0.15, -0.1) is 0 Å². The van der Waals surface area contributed by atoms with E-state index in [9.17, 15) is 19.1 Å². The van der Waals surface area contributed by atoms with Crippen molar-refractivity contribution in [1.82, 2.24) is 9.80 Å². The summed E-state index contributed by atoms with van der Waals surface area (Å²) in [5, 5.41) is 9.81. The van der Waals surface area contributed by atoms with Gasteiger partial charge in [-0.3, -0.25) is 9.59 Å². The number of benzene rings is 1. The number of rotatable bonds is 5. The molecule has 0 spiro atoms. The highest BCUT2D eigenvalue weighted by Crippen LogP contribution is 2.29. The maximum atomic E-state index is 13.9. The Hall–Kier alpha value is -1.95. The second-order valence-corrected chi connectivity index (χ2v) is 6.62. The van der Waals surface area contributed by atoms with E-state index in [1.54, 1.807) is 23.1 Å². The summed E-state index contributed by atoms with van der Waals surface area (Å²) in [4.78, 5) is 28.0. The monoisotopic (exact) mass is 334 g/mol. The van der Waals surface area contributed by atoms with E-state index < -0.39 is 6.10 Å². The number of amides is 2. The number of carbonyl (C=O) groups is 2. The largest absolute Gasteiger partial charge is 0.383 e. The van der Waals surface area contributed by atoms with Crippen molar-refractivity contribution >= 4 is 11.8 Å². The quantitative estimate of drug-likeness (QED) is 0.891. The molecule has 1 aliphatic carbocycles. The van der Waals surface area contributed by atoms with E-state index in [4.69, 9.17) is 0 Å². The van der Waals surface area contributed by atoms with Gasteiger partial charge >= 0.3 is 0 Å². The molecule has 130 valence electrons. The summed E-state index contributed by atoms with van der Waals surface area (Å²) in [5.74, 6) is -0.872. The van der Waals surface area contributed by atoms with E-state index in [2.05, 4.69) is 0 Å². The van der Waals surface area contributed by atoms with Crippen LogP contribution in [0, 0.1) is 5.82 Å². The molecule has 2 aliphatic rings. The molecule has 1 aliphatic heterocycles. The van der Waals surface area contributed by atoms with Crippen LogP contribution in [0.4, 0.5) is 4.39 Å². The fourth-order valence-corrected chi connectivity index (χ4v) is 3.11. The third-order valence-electron chi connectivity index (χ3n) is 4.68. The summed E-state index contributed by atoms with van der Waals surface area (Å²) in [6.07, 6.45) is 2.83. The van der Waals surface area contributed by atoms with Crippen LogP contribution < -0.4 is 0 Å². The number of hydrogen-bond donors (Lipinski definition) is 1. The number of halogens is 1. The molecule has 1 unspecified atom stereocenters. The Labute approximate surface area is 141 Å². The lowest BCUT2D eigenvalue weighted by molar-refractivity contribution is -0.145. The predicted octanol–water partition coefficient (Wildman–Crippen LogP) is 1.69. The van der Waals surface area contributed by atoms with Crippen molar-refractivity contribution < 1.29 is 19.1 Å². The first-order valence-corrected chi connectivity index (χ1v) is 8.56. The van der Waals surface area contributed by atoms with Crippen molar-refractivity contribution in [3.8, 4) is 0 Å². The summed E-state index contributed by atoms with van der Waals surface area (Å²) in [6, 6.07) is 6.57. The first-order chi connectivity index (χ1) is 11.6. The summed E-state index contributed by atoms with van der Waals surface area (Å²) >= 11 is 0. The molecule has 5 nitrogen and oxygen atoms in total. The van der Waals surface area contributed by atoms with Crippen molar-refractivity contribution in [2.24, 2.45) is 0 Å². The first-order valence-electron chi connectivity index (χ1n) is 8.56. The standard InChI is InChI=1S/C18H23FN2O3/c19-15-6-2-1-5-13(15)11-21(14-8-9-14)17(23)12-20-10-4-3-7-16(22)18(20)24/h1-2,5-6,14,16,22H,3-4,7-12H2.